The fourth-order valence-corrected chi connectivity index (χ4v) is 6.01. The number of rotatable bonds is 7. The number of sulfonamides is 1. The molecule has 0 atom stereocenters. The molecule has 3 heterocycles. The molecular formula is C27H31N5O2S. The highest BCUT2D eigenvalue weighted by atomic mass is 32.2. The fraction of sp³-hybridized carbons (Fsp3) is 0.333. The fourth-order valence-electron chi connectivity index (χ4n) is 4.59. The van der Waals surface area contributed by atoms with Crippen LogP contribution in [0.15, 0.2) is 71.8 Å². The number of benzene rings is 2. The van der Waals surface area contributed by atoms with Crippen molar-refractivity contribution >= 4 is 21.2 Å². The van der Waals surface area contributed by atoms with Gasteiger partial charge in [0.05, 0.1) is 11.4 Å². The summed E-state index contributed by atoms with van der Waals surface area (Å²) in [6.45, 7) is 7.06. The van der Waals surface area contributed by atoms with E-state index in [1.165, 1.54) is 5.56 Å². The summed E-state index contributed by atoms with van der Waals surface area (Å²) in [5.74, 6) is 0.911. The summed E-state index contributed by atoms with van der Waals surface area (Å²) in [4.78, 5) is 12.1. The smallest absolute Gasteiger partial charge is 0.243 e. The number of hydrogen-bond acceptors (Lipinski definition) is 5. The number of piperazine rings is 1. The van der Waals surface area contributed by atoms with E-state index >= 15 is 0 Å². The first kappa shape index (κ1) is 23.7. The van der Waals surface area contributed by atoms with Crippen LogP contribution in [0.1, 0.15) is 30.8 Å². The predicted molar refractivity (Wildman–Crippen MR) is 138 cm³/mol. The Kier molecular flexibility index (Phi) is 6.69. The minimum absolute atomic E-state index is 0.367. The molecule has 0 saturated carbocycles. The van der Waals surface area contributed by atoms with Crippen molar-refractivity contribution in [2.24, 2.45) is 0 Å². The van der Waals surface area contributed by atoms with Gasteiger partial charge in [0.1, 0.15) is 11.3 Å². The molecule has 1 aliphatic heterocycles. The first-order valence-corrected chi connectivity index (χ1v) is 13.7. The summed E-state index contributed by atoms with van der Waals surface area (Å²) in [6.07, 6.45) is 3.68. The molecule has 1 aliphatic rings. The molecule has 1 saturated heterocycles. The Labute approximate surface area is 207 Å². The molecule has 2 aromatic heterocycles. The highest BCUT2D eigenvalue weighted by Gasteiger charge is 2.29. The zero-order valence-corrected chi connectivity index (χ0v) is 21.1. The normalized spacial score (nSPS) is 15.6. The van der Waals surface area contributed by atoms with Crippen LogP contribution < -0.4 is 0 Å². The topological polar surface area (TPSA) is 71.3 Å². The highest BCUT2D eigenvalue weighted by Crippen LogP contribution is 2.23. The van der Waals surface area contributed by atoms with Gasteiger partial charge in [-0.05, 0) is 60.4 Å². The van der Waals surface area contributed by atoms with Crippen LogP contribution >= 0.6 is 0 Å². The van der Waals surface area contributed by atoms with Crippen molar-refractivity contribution in [1.82, 2.24) is 23.7 Å². The van der Waals surface area contributed by atoms with Crippen LogP contribution in [-0.2, 0) is 29.4 Å². The second-order valence-corrected chi connectivity index (χ2v) is 10.8. The van der Waals surface area contributed by atoms with E-state index in [-0.39, 0.29) is 0 Å². The Morgan fingerprint density at radius 3 is 2.09 bits per heavy atom. The van der Waals surface area contributed by atoms with Crippen LogP contribution in [0.5, 0.6) is 0 Å². The van der Waals surface area contributed by atoms with Gasteiger partial charge in [-0.15, -0.1) is 0 Å². The number of aromatic nitrogens is 3. The lowest BCUT2D eigenvalue weighted by Crippen LogP contribution is -2.48. The van der Waals surface area contributed by atoms with E-state index in [0.717, 1.165) is 41.1 Å². The first-order chi connectivity index (χ1) is 17.0. The van der Waals surface area contributed by atoms with E-state index in [4.69, 9.17) is 4.98 Å². The maximum absolute atomic E-state index is 13.1. The van der Waals surface area contributed by atoms with E-state index in [1.54, 1.807) is 22.6 Å². The zero-order valence-electron chi connectivity index (χ0n) is 20.3. The Morgan fingerprint density at radius 1 is 0.829 bits per heavy atom. The van der Waals surface area contributed by atoms with Gasteiger partial charge in [0, 0.05) is 38.1 Å². The molecule has 35 heavy (non-hydrogen) atoms. The van der Waals surface area contributed by atoms with Gasteiger partial charge in [0.15, 0.2) is 5.65 Å². The maximum atomic E-state index is 13.1. The van der Waals surface area contributed by atoms with E-state index in [0.29, 0.717) is 37.6 Å². The van der Waals surface area contributed by atoms with Gasteiger partial charge in [-0.1, -0.05) is 38.1 Å². The van der Waals surface area contributed by atoms with Crippen LogP contribution in [0.2, 0.25) is 0 Å². The van der Waals surface area contributed by atoms with Gasteiger partial charge in [-0.25, -0.2) is 18.4 Å². The van der Waals surface area contributed by atoms with Crippen LogP contribution in [0.25, 0.3) is 16.9 Å². The average molecular weight is 490 g/mol. The van der Waals surface area contributed by atoms with Gasteiger partial charge in [0.25, 0.3) is 0 Å². The highest BCUT2D eigenvalue weighted by molar-refractivity contribution is 7.89. The van der Waals surface area contributed by atoms with Gasteiger partial charge in [0.2, 0.25) is 10.0 Å². The summed E-state index contributed by atoms with van der Waals surface area (Å²) in [6, 6.07) is 19.6. The van der Waals surface area contributed by atoms with E-state index < -0.39 is 10.0 Å². The Morgan fingerprint density at radius 2 is 1.46 bits per heavy atom. The predicted octanol–water partition coefficient (Wildman–Crippen LogP) is 4.05. The molecule has 5 rings (SSSR count). The molecule has 0 aliphatic carbocycles. The molecule has 0 unspecified atom stereocenters. The van der Waals surface area contributed by atoms with Crippen LogP contribution in [0, 0.1) is 0 Å². The third-order valence-corrected chi connectivity index (χ3v) is 8.67. The van der Waals surface area contributed by atoms with Gasteiger partial charge in [-0.3, -0.25) is 9.47 Å². The molecule has 0 radical (unpaired) electrons. The second-order valence-electron chi connectivity index (χ2n) is 8.91. The Balaban J connectivity index is 1.34. The number of imidazole rings is 1. The summed E-state index contributed by atoms with van der Waals surface area (Å²) < 4.78 is 30.0. The van der Waals surface area contributed by atoms with Gasteiger partial charge >= 0.3 is 0 Å². The van der Waals surface area contributed by atoms with E-state index in [2.05, 4.69) is 52.6 Å². The third-order valence-electron chi connectivity index (χ3n) is 6.75. The molecule has 4 aromatic rings. The molecule has 1 fully saturated rings. The van der Waals surface area contributed by atoms with Crippen molar-refractivity contribution in [1.29, 1.82) is 0 Å². The van der Waals surface area contributed by atoms with E-state index in [9.17, 15) is 8.42 Å². The molecule has 7 nitrogen and oxygen atoms in total. The monoisotopic (exact) mass is 489 g/mol. The minimum atomic E-state index is -3.49. The standard InChI is InChI=1S/C27H31N5O2S/c1-3-21-7-11-23(12-8-21)32-26(29-25-6-5-15-28-27(25)32)20-30-16-18-31(19-17-30)35(33,34)24-13-9-22(4-2)10-14-24/h5-15H,3-4,16-20H2,1-2H3. The lowest BCUT2D eigenvalue weighted by Gasteiger charge is -2.33. The minimum Gasteiger partial charge on any atom is -0.293 e. The largest absolute Gasteiger partial charge is 0.293 e. The van der Waals surface area contributed by atoms with Crippen molar-refractivity contribution in [3.63, 3.8) is 0 Å². The molecule has 8 heteroatoms. The van der Waals surface area contributed by atoms with Crippen molar-refractivity contribution in [3.05, 3.63) is 83.8 Å². The van der Waals surface area contributed by atoms with Gasteiger partial charge < -0.3 is 0 Å². The molecule has 182 valence electrons. The quantitative estimate of drug-likeness (QED) is 0.392. The SMILES string of the molecule is CCc1ccc(-n2c(CN3CCN(S(=O)(=O)c4ccc(CC)cc4)CC3)nc3cccnc32)cc1. The molecule has 0 spiro atoms. The van der Waals surface area contributed by atoms with Crippen molar-refractivity contribution in [2.75, 3.05) is 26.2 Å². The van der Waals surface area contributed by atoms with Crippen LogP contribution in [-0.4, -0.2) is 58.3 Å². The first-order valence-electron chi connectivity index (χ1n) is 12.2. The average Bonchev–Trinajstić information content (AvgIpc) is 3.26. The number of aryl methyl sites for hydroxylation is 2. The molecule has 2 aromatic carbocycles. The zero-order chi connectivity index (χ0) is 24.4. The molecule has 0 amide bonds. The lowest BCUT2D eigenvalue weighted by molar-refractivity contribution is 0.177. The van der Waals surface area contributed by atoms with Crippen LogP contribution in [0.4, 0.5) is 0 Å². The number of hydrogen-bond donors (Lipinski definition) is 0. The summed E-state index contributed by atoms with van der Waals surface area (Å²) in [5.41, 5.74) is 5.15. The summed E-state index contributed by atoms with van der Waals surface area (Å²) in [5, 5.41) is 0. The Bertz CT molecular complexity index is 1400. The molecule has 0 N–H and O–H groups in total. The molecule has 0 bridgehead atoms. The van der Waals surface area contributed by atoms with Crippen molar-refractivity contribution in [2.45, 2.75) is 38.1 Å². The van der Waals surface area contributed by atoms with Gasteiger partial charge in [-0.2, -0.15) is 4.31 Å². The summed E-state index contributed by atoms with van der Waals surface area (Å²) in [7, 11) is -3.49. The molecular weight excluding hydrogens is 458 g/mol. The number of pyridine rings is 1. The van der Waals surface area contributed by atoms with E-state index in [1.807, 2.05) is 24.3 Å². The van der Waals surface area contributed by atoms with Crippen molar-refractivity contribution in [3.8, 4) is 5.69 Å². The second kappa shape index (κ2) is 9.89. The third kappa shape index (κ3) is 4.74. The Hall–Kier alpha value is -3.07. The number of fused-ring (bicyclic) bond motifs is 1. The lowest BCUT2D eigenvalue weighted by atomic mass is 10.1. The summed E-state index contributed by atoms with van der Waals surface area (Å²) >= 11 is 0. The van der Waals surface area contributed by atoms with Crippen molar-refractivity contribution < 1.29 is 8.42 Å². The maximum Gasteiger partial charge on any atom is 0.243 e. The number of nitrogens with zero attached hydrogens (tertiary/aromatic N) is 5. The van der Waals surface area contributed by atoms with Crippen LogP contribution in [0.3, 0.4) is 0 Å².